The van der Waals surface area contributed by atoms with Gasteiger partial charge in [-0.3, -0.25) is 0 Å². The van der Waals surface area contributed by atoms with Gasteiger partial charge in [0.1, 0.15) is 5.75 Å². The molecule has 1 atom stereocenters. The topological polar surface area (TPSA) is 120 Å². The summed E-state index contributed by atoms with van der Waals surface area (Å²) in [6, 6.07) is 20.4. The van der Waals surface area contributed by atoms with Crippen LogP contribution in [0, 0.1) is 0 Å². The van der Waals surface area contributed by atoms with Crippen molar-refractivity contribution < 1.29 is 22.7 Å². The first-order valence-corrected chi connectivity index (χ1v) is 11.8. The third-order valence-corrected chi connectivity index (χ3v) is 5.87. The highest BCUT2D eigenvalue weighted by atomic mass is 32.2. The molecule has 174 valence electrons. The molecule has 4 N–H and O–H groups in total. The van der Waals surface area contributed by atoms with Crippen molar-refractivity contribution in [3.63, 3.8) is 0 Å². The summed E-state index contributed by atoms with van der Waals surface area (Å²) in [4.78, 5) is 12.4. The summed E-state index contributed by atoms with van der Waals surface area (Å²) in [7, 11) is -2.13. The van der Waals surface area contributed by atoms with E-state index in [1.54, 1.807) is 32.2 Å². The van der Waals surface area contributed by atoms with Gasteiger partial charge in [0.15, 0.2) is 0 Å². The molecule has 0 aliphatic heterocycles. The third kappa shape index (κ3) is 7.31. The molecular weight excluding hydrogens is 442 g/mol. The average Bonchev–Trinajstić information content (AvgIpc) is 2.79. The van der Waals surface area contributed by atoms with Crippen molar-refractivity contribution in [2.75, 3.05) is 12.4 Å². The lowest BCUT2D eigenvalue weighted by Crippen LogP contribution is -2.31. The number of methoxy groups -OCH3 is 1. The van der Waals surface area contributed by atoms with Crippen molar-refractivity contribution in [1.82, 2.24) is 5.32 Å². The number of ether oxygens (including phenoxy) is 2. The van der Waals surface area contributed by atoms with Gasteiger partial charge in [-0.15, -0.1) is 0 Å². The van der Waals surface area contributed by atoms with Crippen molar-refractivity contribution in [1.29, 1.82) is 0 Å². The van der Waals surface area contributed by atoms with Crippen LogP contribution in [0.4, 0.5) is 10.5 Å². The fourth-order valence-electron chi connectivity index (χ4n) is 3.14. The maximum Gasteiger partial charge on any atom is 0.319 e. The zero-order valence-corrected chi connectivity index (χ0v) is 19.3. The van der Waals surface area contributed by atoms with Crippen LogP contribution >= 0.6 is 0 Å². The van der Waals surface area contributed by atoms with E-state index in [2.05, 4.69) is 10.6 Å². The number of carbonyl (C=O) groups is 1. The summed E-state index contributed by atoms with van der Waals surface area (Å²) in [5, 5.41) is 10.7. The van der Waals surface area contributed by atoms with E-state index in [-0.39, 0.29) is 17.0 Å². The van der Waals surface area contributed by atoms with Gasteiger partial charge in [0.2, 0.25) is 10.0 Å². The molecule has 0 saturated heterocycles. The minimum absolute atomic E-state index is 0.0222. The number of hydrogen-bond donors (Lipinski definition) is 3. The van der Waals surface area contributed by atoms with Gasteiger partial charge >= 0.3 is 6.03 Å². The van der Waals surface area contributed by atoms with Gasteiger partial charge in [-0.25, -0.2) is 18.4 Å². The van der Waals surface area contributed by atoms with Gasteiger partial charge in [-0.2, -0.15) is 0 Å². The Labute approximate surface area is 193 Å². The monoisotopic (exact) mass is 469 g/mol. The smallest absolute Gasteiger partial charge is 0.319 e. The first kappa shape index (κ1) is 24.2. The number of sulfonamides is 1. The maximum absolute atomic E-state index is 12.4. The maximum atomic E-state index is 12.4. The number of hydrogen-bond acceptors (Lipinski definition) is 5. The van der Waals surface area contributed by atoms with Crippen LogP contribution in [-0.2, 0) is 28.0 Å². The van der Waals surface area contributed by atoms with Crippen LogP contribution in [-0.4, -0.2) is 21.6 Å². The molecule has 1 unspecified atom stereocenters. The Kier molecular flexibility index (Phi) is 8.05. The second kappa shape index (κ2) is 11.0. The largest absolute Gasteiger partial charge is 0.497 e. The van der Waals surface area contributed by atoms with Crippen molar-refractivity contribution in [3.05, 3.63) is 89.5 Å². The summed E-state index contributed by atoms with van der Waals surface area (Å²) in [6.07, 6.45) is 0. The minimum Gasteiger partial charge on any atom is -0.497 e. The number of primary sulfonamides is 1. The number of benzene rings is 3. The Bertz CT molecular complexity index is 1180. The van der Waals surface area contributed by atoms with Gasteiger partial charge < -0.3 is 20.1 Å². The summed E-state index contributed by atoms with van der Waals surface area (Å²) in [5.41, 5.74) is 3.34. The van der Waals surface area contributed by atoms with E-state index >= 15 is 0 Å². The molecule has 3 rings (SSSR count). The molecule has 33 heavy (non-hydrogen) atoms. The Hall–Kier alpha value is -3.40. The number of carbonyl (C=O) groups excluding carboxylic acids is 1. The molecule has 0 fully saturated rings. The van der Waals surface area contributed by atoms with E-state index in [0.717, 1.165) is 22.4 Å². The van der Waals surface area contributed by atoms with Crippen LogP contribution in [0.15, 0.2) is 77.7 Å². The molecule has 3 aromatic carbocycles. The summed E-state index contributed by atoms with van der Waals surface area (Å²) < 4.78 is 33.7. The van der Waals surface area contributed by atoms with Crippen LogP contribution in [0.3, 0.4) is 0 Å². The molecular formula is C24H27N3O5S. The van der Waals surface area contributed by atoms with Crippen LogP contribution in [0.25, 0.3) is 0 Å². The standard InChI is InChI=1S/C24H27N3O5S/c1-17(20-8-12-23(13-9-20)33(25,29)30)26-24(28)27-21-5-3-4-19(14-21)16-32-15-18-6-10-22(31-2)11-7-18/h3-14,17H,15-16H2,1-2H3,(H2,25,29,30)(H2,26,27,28). The van der Waals surface area contributed by atoms with Crippen molar-refractivity contribution in [2.24, 2.45) is 5.14 Å². The van der Waals surface area contributed by atoms with E-state index in [9.17, 15) is 13.2 Å². The van der Waals surface area contributed by atoms with Gasteiger partial charge in [-0.05, 0) is 60.0 Å². The zero-order chi connectivity index (χ0) is 23.8. The number of urea groups is 1. The van der Waals surface area contributed by atoms with Crippen LogP contribution < -0.4 is 20.5 Å². The Morgan fingerprint density at radius 2 is 1.64 bits per heavy atom. The minimum atomic E-state index is -3.75. The van der Waals surface area contributed by atoms with Crippen molar-refractivity contribution in [2.45, 2.75) is 31.1 Å². The van der Waals surface area contributed by atoms with E-state index in [1.807, 2.05) is 42.5 Å². The lowest BCUT2D eigenvalue weighted by atomic mass is 10.1. The van der Waals surface area contributed by atoms with E-state index < -0.39 is 10.0 Å². The summed E-state index contributed by atoms with van der Waals surface area (Å²) >= 11 is 0. The molecule has 0 bridgehead atoms. The first-order valence-electron chi connectivity index (χ1n) is 10.2. The predicted molar refractivity (Wildman–Crippen MR) is 126 cm³/mol. The van der Waals surface area contributed by atoms with E-state index in [0.29, 0.717) is 18.9 Å². The number of rotatable bonds is 9. The molecule has 0 saturated carbocycles. The number of nitrogens with two attached hydrogens (primary N) is 1. The normalized spacial score (nSPS) is 12.1. The summed E-state index contributed by atoms with van der Waals surface area (Å²) in [5.74, 6) is 0.797. The first-order chi connectivity index (χ1) is 15.7. The predicted octanol–water partition coefficient (Wildman–Crippen LogP) is 3.94. The lowest BCUT2D eigenvalue weighted by molar-refractivity contribution is 0.107. The molecule has 3 aromatic rings. The quantitative estimate of drug-likeness (QED) is 0.438. The Morgan fingerprint density at radius 3 is 2.27 bits per heavy atom. The van der Waals surface area contributed by atoms with E-state index in [1.165, 1.54) is 12.1 Å². The van der Waals surface area contributed by atoms with Crippen LogP contribution in [0.1, 0.15) is 29.7 Å². The molecule has 0 aliphatic carbocycles. The molecule has 2 amide bonds. The van der Waals surface area contributed by atoms with Crippen molar-refractivity contribution >= 4 is 21.7 Å². The number of anilines is 1. The lowest BCUT2D eigenvalue weighted by Gasteiger charge is -2.16. The molecule has 9 heteroatoms. The SMILES string of the molecule is COc1ccc(COCc2cccc(NC(=O)NC(C)c3ccc(S(N)(=O)=O)cc3)c2)cc1. The molecule has 0 aliphatic rings. The van der Waals surface area contributed by atoms with Crippen molar-refractivity contribution in [3.8, 4) is 5.75 Å². The number of amides is 2. The number of nitrogens with one attached hydrogen (secondary N) is 2. The average molecular weight is 470 g/mol. The van der Waals surface area contributed by atoms with Gasteiger partial charge in [-0.1, -0.05) is 36.4 Å². The van der Waals surface area contributed by atoms with Gasteiger partial charge in [0.25, 0.3) is 0 Å². The zero-order valence-electron chi connectivity index (χ0n) is 18.4. The fraction of sp³-hybridized carbons (Fsp3) is 0.208. The van der Waals surface area contributed by atoms with E-state index in [4.69, 9.17) is 14.6 Å². The Balaban J connectivity index is 1.50. The highest BCUT2D eigenvalue weighted by Crippen LogP contribution is 2.17. The fourth-order valence-corrected chi connectivity index (χ4v) is 3.66. The highest BCUT2D eigenvalue weighted by Gasteiger charge is 2.12. The molecule has 0 radical (unpaired) electrons. The Morgan fingerprint density at radius 1 is 0.970 bits per heavy atom. The second-order valence-electron chi connectivity index (χ2n) is 7.48. The van der Waals surface area contributed by atoms with Crippen LogP contribution in [0.5, 0.6) is 5.75 Å². The second-order valence-corrected chi connectivity index (χ2v) is 9.04. The third-order valence-electron chi connectivity index (χ3n) is 4.94. The van der Waals surface area contributed by atoms with Gasteiger partial charge in [0.05, 0.1) is 31.3 Å². The highest BCUT2D eigenvalue weighted by molar-refractivity contribution is 7.89. The molecule has 8 nitrogen and oxygen atoms in total. The van der Waals surface area contributed by atoms with Gasteiger partial charge in [0, 0.05) is 5.69 Å². The summed E-state index contributed by atoms with van der Waals surface area (Å²) in [6.45, 7) is 2.66. The van der Waals surface area contributed by atoms with Crippen LogP contribution in [0.2, 0.25) is 0 Å². The molecule has 0 spiro atoms. The molecule has 0 aromatic heterocycles. The molecule has 0 heterocycles.